The van der Waals surface area contributed by atoms with Crippen LogP contribution in [0, 0.1) is 0 Å². The molecule has 0 radical (unpaired) electrons. The third-order valence-corrected chi connectivity index (χ3v) is 3.26. The number of phenols is 3. The van der Waals surface area contributed by atoms with Crippen molar-refractivity contribution in [3.63, 3.8) is 0 Å². The molecule has 0 aliphatic heterocycles. The molecule has 0 bridgehead atoms. The molecule has 122 valence electrons. The summed E-state index contributed by atoms with van der Waals surface area (Å²) in [5, 5.41) is 34.3. The van der Waals surface area contributed by atoms with Crippen molar-refractivity contribution in [3.05, 3.63) is 17.7 Å². The predicted molar refractivity (Wildman–Crippen MR) is 79.8 cm³/mol. The van der Waals surface area contributed by atoms with Crippen molar-refractivity contribution >= 4 is 6.09 Å². The minimum atomic E-state index is -0.531. The van der Waals surface area contributed by atoms with Gasteiger partial charge in [0, 0.05) is 24.2 Å². The molecule has 0 spiro atoms. The number of rotatable bonds is 4. The zero-order valence-corrected chi connectivity index (χ0v) is 12.9. The highest BCUT2D eigenvalue weighted by atomic mass is 16.6. The van der Waals surface area contributed by atoms with Gasteiger partial charge in [0.25, 0.3) is 0 Å². The highest BCUT2D eigenvalue weighted by Gasteiger charge is 2.39. The molecule has 1 aliphatic rings. The van der Waals surface area contributed by atoms with E-state index in [1.54, 1.807) is 20.8 Å². The van der Waals surface area contributed by atoms with Crippen molar-refractivity contribution in [3.8, 4) is 17.2 Å². The number of amides is 1. The molecule has 2 rings (SSSR count). The fourth-order valence-corrected chi connectivity index (χ4v) is 2.03. The lowest BCUT2D eigenvalue weighted by molar-refractivity contribution is 0.0522. The van der Waals surface area contributed by atoms with E-state index in [0.717, 1.165) is 6.42 Å². The number of nitrogens with one attached hydrogen (secondary N) is 2. The van der Waals surface area contributed by atoms with Crippen molar-refractivity contribution in [2.75, 3.05) is 0 Å². The van der Waals surface area contributed by atoms with E-state index in [1.807, 2.05) is 0 Å². The zero-order valence-electron chi connectivity index (χ0n) is 12.9. The lowest BCUT2D eigenvalue weighted by atomic mass is 10.1. The molecule has 2 atom stereocenters. The third-order valence-electron chi connectivity index (χ3n) is 3.26. The van der Waals surface area contributed by atoms with Gasteiger partial charge in [-0.2, -0.15) is 0 Å². The van der Waals surface area contributed by atoms with E-state index in [4.69, 9.17) is 4.74 Å². The number of carbonyl (C=O) groups excluding carboxylic acids is 1. The van der Waals surface area contributed by atoms with Gasteiger partial charge in [-0.25, -0.2) is 4.79 Å². The van der Waals surface area contributed by atoms with Crippen LogP contribution < -0.4 is 10.6 Å². The highest BCUT2D eigenvalue weighted by molar-refractivity contribution is 5.68. The van der Waals surface area contributed by atoms with Crippen LogP contribution in [0.3, 0.4) is 0 Å². The Kier molecular flexibility index (Phi) is 4.37. The van der Waals surface area contributed by atoms with Gasteiger partial charge in [-0.3, -0.25) is 0 Å². The molecular weight excluding hydrogens is 288 g/mol. The van der Waals surface area contributed by atoms with Gasteiger partial charge in [-0.05, 0) is 33.3 Å². The van der Waals surface area contributed by atoms with Crippen molar-refractivity contribution in [1.82, 2.24) is 10.6 Å². The summed E-state index contributed by atoms with van der Waals surface area (Å²) in [6.07, 6.45) is 0.316. The maximum atomic E-state index is 11.6. The summed E-state index contributed by atoms with van der Waals surface area (Å²) in [7, 11) is 0. The van der Waals surface area contributed by atoms with Crippen LogP contribution in [0.1, 0.15) is 32.8 Å². The van der Waals surface area contributed by atoms with Crippen LogP contribution in [0.15, 0.2) is 12.1 Å². The topological polar surface area (TPSA) is 111 Å². The van der Waals surface area contributed by atoms with Crippen LogP contribution in [0.5, 0.6) is 17.2 Å². The summed E-state index contributed by atoms with van der Waals surface area (Å²) in [5.41, 5.74) is -0.0599. The molecule has 5 N–H and O–H groups in total. The van der Waals surface area contributed by atoms with Gasteiger partial charge in [-0.15, -0.1) is 0 Å². The van der Waals surface area contributed by atoms with E-state index < -0.39 is 17.4 Å². The quantitative estimate of drug-likeness (QED) is 0.540. The Balaban J connectivity index is 1.79. The van der Waals surface area contributed by atoms with Crippen LogP contribution in [0.25, 0.3) is 0 Å². The molecule has 22 heavy (non-hydrogen) atoms. The van der Waals surface area contributed by atoms with Gasteiger partial charge in [0.05, 0.1) is 0 Å². The van der Waals surface area contributed by atoms with E-state index >= 15 is 0 Å². The molecule has 0 aromatic heterocycles. The standard InChI is InChI=1S/C15H22N2O5/c1-15(2,3)22-14(21)17-10-6-9(10)16-7-8-4-5-11(18)13(20)12(8)19/h4-5,9-10,16,18-20H,6-7H2,1-3H3,(H,17,21). The number of hydrogen-bond acceptors (Lipinski definition) is 6. The van der Waals surface area contributed by atoms with E-state index in [2.05, 4.69) is 10.6 Å². The minimum Gasteiger partial charge on any atom is -0.504 e. The fourth-order valence-electron chi connectivity index (χ4n) is 2.03. The molecule has 1 saturated carbocycles. The summed E-state index contributed by atoms with van der Waals surface area (Å²) in [6.45, 7) is 5.72. The number of benzene rings is 1. The largest absolute Gasteiger partial charge is 0.504 e. The maximum absolute atomic E-state index is 11.6. The second-order valence-corrected chi connectivity index (χ2v) is 6.42. The van der Waals surface area contributed by atoms with Crippen molar-refractivity contribution in [2.24, 2.45) is 0 Å². The maximum Gasteiger partial charge on any atom is 0.407 e. The molecule has 7 nitrogen and oxygen atoms in total. The number of ether oxygens (including phenoxy) is 1. The van der Waals surface area contributed by atoms with Crippen LogP contribution >= 0.6 is 0 Å². The van der Waals surface area contributed by atoms with Crippen LogP contribution in [0.2, 0.25) is 0 Å². The normalized spacial score (nSPS) is 20.5. The molecule has 2 unspecified atom stereocenters. The Hall–Kier alpha value is -2.15. The van der Waals surface area contributed by atoms with Gasteiger partial charge >= 0.3 is 6.09 Å². The van der Waals surface area contributed by atoms with Crippen molar-refractivity contribution in [1.29, 1.82) is 0 Å². The molecule has 1 amide bonds. The number of hydrogen-bond donors (Lipinski definition) is 5. The molecular formula is C15H22N2O5. The van der Waals surface area contributed by atoms with Crippen molar-refractivity contribution in [2.45, 2.75) is 51.4 Å². The Morgan fingerprint density at radius 3 is 2.55 bits per heavy atom. The van der Waals surface area contributed by atoms with Gasteiger partial charge in [0.2, 0.25) is 5.75 Å². The SMILES string of the molecule is CC(C)(C)OC(=O)NC1CC1NCc1ccc(O)c(O)c1O. The number of aromatic hydroxyl groups is 3. The Morgan fingerprint density at radius 1 is 1.23 bits per heavy atom. The summed E-state index contributed by atoms with van der Waals surface area (Å²) < 4.78 is 5.17. The first-order valence-corrected chi connectivity index (χ1v) is 7.13. The van der Waals surface area contributed by atoms with Crippen LogP contribution in [-0.4, -0.2) is 39.1 Å². The van der Waals surface area contributed by atoms with E-state index in [9.17, 15) is 20.1 Å². The van der Waals surface area contributed by atoms with Crippen molar-refractivity contribution < 1.29 is 24.9 Å². The number of phenolic OH excluding ortho intramolecular Hbond substituents is 3. The zero-order chi connectivity index (χ0) is 16.5. The van der Waals surface area contributed by atoms with Gasteiger partial charge in [-0.1, -0.05) is 6.07 Å². The third kappa shape index (κ3) is 4.17. The predicted octanol–water partition coefficient (Wildman–Crippen LogP) is 1.56. The molecule has 1 aromatic carbocycles. The molecule has 0 saturated heterocycles. The summed E-state index contributed by atoms with van der Waals surface area (Å²) in [5.74, 6) is -1.24. The summed E-state index contributed by atoms with van der Waals surface area (Å²) >= 11 is 0. The monoisotopic (exact) mass is 310 g/mol. The Bertz CT molecular complexity index is 568. The second kappa shape index (κ2) is 5.92. The molecule has 1 aromatic rings. The molecule has 1 aliphatic carbocycles. The Morgan fingerprint density at radius 2 is 1.91 bits per heavy atom. The highest BCUT2D eigenvalue weighted by Crippen LogP contribution is 2.37. The van der Waals surface area contributed by atoms with E-state index in [0.29, 0.717) is 12.1 Å². The van der Waals surface area contributed by atoms with Crippen LogP contribution in [-0.2, 0) is 11.3 Å². The minimum absolute atomic E-state index is 0.0114. The first kappa shape index (κ1) is 16.2. The number of carbonyl (C=O) groups is 1. The molecule has 0 heterocycles. The average Bonchev–Trinajstić information content (AvgIpc) is 3.11. The molecule has 7 heteroatoms. The lowest BCUT2D eigenvalue weighted by Gasteiger charge is -2.19. The van der Waals surface area contributed by atoms with Crippen LogP contribution in [0.4, 0.5) is 4.79 Å². The van der Waals surface area contributed by atoms with Gasteiger partial charge in [0.15, 0.2) is 11.5 Å². The number of alkyl carbamates (subject to hydrolysis) is 1. The first-order valence-electron chi connectivity index (χ1n) is 7.13. The lowest BCUT2D eigenvalue weighted by Crippen LogP contribution is -2.36. The van der Waals surface area contributed by atoms with Gasteiger partial charge < -0.3 is 30.7 Å². The van der Waals surface area contributed by atoms with Gasteiger partial charge in [0.1, 0.15) is 5.60 Å². The van der Waals surface area contributed by atoms with E-state index in [-0.39, 0.29) is 23.6 Å². The fraction of sp³-hybridized carbons (Fsp3) is 0.533. The summed E-state index contributed by atoms with van der Waals surface area (Å²) in [4.78, 5) is 11.6. The van der Waals surface area contributed by atoms with E-state index in [1.165, 1.54) is 12.1 Å². The first-order chi connectivity index (χ1) is 10.2. The second-order valence-electron chi connectivity index (χ2n) is 6.42. The molecule has 1 fully saturated rings. The smallest absolute Gasteiger partial charge is 0.407 e. The average molecular weight is 310 g/mol. The Labute approximate surface area is 128 Å². The summed E-state index contributed by atoms with van der Waals surface area (Å²) in [6, 6.07) is 2.91.